The Hall–Kier alpha value is -3.23. The van der Waals surface area contributed by atoms with E-state index in [9.17, 15) is 9.59 Å². The summed E-state index contributed by atoms with van der Waals surface area (Å²) in [5, 5.41) is 6.88. The van der Waals surface area contributed by atoms with Crippen LogP contribution >= 0.6 is 0 Å². The molecule has 0 aliphatic heterocycles. The highest BCUT2D eigenvalue weighted by Gasteiger charge is 2.21. The highest BCUT2D eigenvalue weighted by atomic mass is 16.6. The van der Waals surface area contributed by atoms with Crippen molar-refractivity contribution in [1.29, 1.82) is 0 Å². The average Bonchev–Trinajstić information content (AvgIpc) is 3.07. The van der Waals surface area contributed by atoms with E-state index in [0.717, 1.165) is 11.3 Å². The molecule has 1 heterocycles. The van der Waals surface area contributed by atoms with Gasteiger partial charge in [0.25, 0.3) is 0 Å². The number of esters is 1. The second-order valence-electron chi connectivity index (χ2n) is 7.37. The number of benzene rings is 1. The SMILES string of the molecule is CCOC(=O)c1cnn(Cc2ccc(OC)cc2)c1OCCNC(=O)OC(C)(C)C. The van der Waals surface area contributed by atoms with E-state index in [1.54, 1.807) is 39.5 Å². The van der Waals surface area contributed by atoms with Crippen molar-refractivity contribution in [3.63, 3.8) is 0 Å². The summed E-state index contributed by atoms with van der Waals surface area (Å²) < 4.78 is 22.8. The van der Waals surface area contributed by atoms with E-state index >= 15 is 0 Å². The molecule has 1 N–H and O–H groups in total. The number of amides is 1. The van der Waals surface area contributed by atoms with Crippen LogP contribution in [0.25, 0.3) is 0 Å². The van der Waals surface area contributed by atoms with E-state index in [2.05, 4.69) is 10.4 Å². The maximum absolute atomic E-state index is 12.3. The molecule has 9 nitrogen and oxygen atoms in total. The van der Waals surface area contributed by atoms with Gasteiger partial charge in [-0.1, -0.05) is 12.1 Å². The molecule has 164 valence electrons. The zero-order valence-electron chi connectivity index (χ0n) is 18.1. The standard InChI is InChI=1S/C21H29N3O6/c1-6-28-19(25)17-13-23-24(14-15-7-9-16(27-5)10-8-15)18(17)29-12-11-22-20(26)30-21(2,3)4/h7-10,13H,6,11-12,14H2,1-5H3,(H,22,26). The minimum Gasteiger partial charge on any atom is -0.497 e. The molecule has 0 unspecified atom stereocenters. The molecule has 0 atom stereocenters. The van der Waals surface area contributed by atoms with Crippen LogP contribution in [0.4, 0.5) is 4.79 Å². The summed E-state index contributed by atoms with van der Waals surface area (Å²) in [6, 6.07) is 7.49. The number of aromatic nitrogens is 2. The number of carbonyl (C=O) groups is 2. The molecule has 0 aliphatic carbocycles. The average molecular weight is 419 g/mol. The Morgan fingerprint density at radius 3 is 2.47 bits per heavy atom. The molecule has 0 saturated heterocycles. The minimum absolute atomic E-state index is 0.125. The predicted molar refractivity (Wildman–Crippen MR) is 110 cm³/mol. The molecule has 0 saturated carbocycles. The first-order valence-electron chi connectivity index (χ1n) is 9.69. The highest BCUT2D eigenvalue weighted by molar-refractivity contribution is 5.91. The van der Waals surface area contributed by atoms with Gasteiger partial charge in [0.15, 0.2) is 0 Å². The molecule has 9 heteroatoms. The fourth-order valence-electron chi connectivity index (χ4n) is 2.51. The van der Waals surface area contributed by atoms with E-state index < -0.39 is 17.7 Å². The first kappa shape index (κ1) is 23.1. The zero-order chi connectivity index (χ0) is 22.1. The van der Waals surface area contributed by atoms with Crippen molar-refractivity contribution in [2.75, 3.05) is 26.9 Å². The van der Waals surface area contributed by atoms with E-state index in [0.29, 0.717) is 6.54 Å². The van der Waals surface area contributed by atoms with E-state index in [1.165, 1.54) is 6.20 Å². The third-order valence-corrected chi connectivity index (χ3v) is 3.79. The van der Waals surface area contributed by atoms with Gasteiger partial charge in [-0.2, -0.15) is 5.10 Å². The molecular formula is C21H29N3O6. The Bertz CT molecular complexity index is 839. The van der Waals surface area contributed by atoms with Crippen LogP contribution in [0.2, 0.25) is 0 Å². The number of methoxy groups -OCH3 is 1. The summed E-state index contributed by atoms with van der Waals surface area (Å²) in [4.78, 5) is 24.0. The summed E-state index contributed by atoms with van der Waals surface area (Å²) in [7, 11) is 1.60. The summed E-state index contributed by atoms with van der Waals surface area (Å²) in [6.45, 7) is 8.03. The van der Waals surface area contributed by atoms with Crippen LogP contribution in [0.15, 0.2) is 30.5 Å². The summed E-state index contributed by atoms with van der Waals surface area (Å²) in [5.74, 6) is 0.500. The number of rotatable bonds is 9. The summed E-state index contributed by atoms with van der Waals surface area (Å²) in [6.07, 6.45) is 0.876. The van der Waals surface area contributed by atoms with Gasteiger partial charge in [-0.05, 0) is 45.4 Å². The molecule has 1 amide bonds. The zero-order valence-corrected chi connectivity index (χ0v) is 18.1. The Balaban J connectivity index is 2.07. The topological polar surface area (TPSA) is 101 Å². The Morgan fingerprint density at radius 1 is 1.17 bits per heavy atom. The Labute approximate surface area is 176 Å². The minimum atomic E-state index is -0.584. The number of carbonyl (C=O) groups excluding carboxylic acids is 2. The summed E-state index contributed by atoms with van der Waals surface area (Å²) >= 11 is 0. The lowest BCUT2D eigenvalue weighted by molar-refractivity contribution is 0.0500. The quantitative estimate of drug-likeness (QED) is 0.492. The molecule has 1 aromatic heterocycles. The van der Waals surface area contributed by atoms with E-state index in [-0.39, 0.29) is 31.2 Å². The van der Waals surface area contributed by atoms with Crippen molar-refractivity contribution in [2.45, 2.75) is 39.8 Å². The van der Waals surface area contributed by atoms with Crippen molar-refractivity contribution in [3.8, 4) is 11.6 Å². The summed E-state index contributed by atoms with van der Waals surface area (Å²) in [5.41, 5.74) is 0.590. The van der Waals surface area contributed by atoms with Crippen molar-refractivity contribution in [1.82, 2.24) is 15.1 Å². The molecule has 0 bridgehead atoms. The molecule has 0 spiro atoms. The second-order valence-corrected chi connectivity index (χ2v) is 7.37. The third-order valence-electron chi connectivity index (χ3n) is 3.79. The Kier molecular flexibility index (Phi) is 8.08. The Morgan fingerprint density at radius 2 is 1.87 bits per heavy atom. The van der Waals surface area contributed by atoms with Gasteiger partial charge in [0, 0.05) is 0 Å². The fraction of sp³-hybridized carbons (Fsp3) is 0.476. The van der Waals surface area contributed by atoms with Gasteiger partial charge in [-0.25, -0.2) is 14.3 Å². The lowest BCUT2D eigenvalue weighted by Gasteiger charge is -2.19. The highest BCUT2D eigenvalue weighted by Crippen LogP contribution is 2.22. The van der Waals surface area contributed by atoms with Crippen LogP contribution in [0.1, 0.15) is 43.6 Å². The number of hydrogen-bond donors (Lipinski definition) is 1. The number of hydrogen-bond acceptors (Lipinski definition) is 7. The first-order valence-corrected chi connectivity index (χ1v) is 9.69. The third kappa shape index (κ3) is 6.98. The van der Waals surface area contributed by atoms with Gasteiger partial charge in [0.05, 0.1) is 33.0 Å². The van der Waals surface area contributed by atoms with Gasteiger partial charge in [-0.15, -0.1) is 0 Å². The monoisotopic (exact) mass is 419 g/mol. The largest absolute Gasteiger partial charge is 0.497 e. The van der Waals surface area contributed by atoms with Gasteiger partial charge >= 0.3 is 12.1 Å². The lowest BCUT2D eigenvalue weighted by atomic mass is 10.2. The van der Waals surface area contributed by atoms with Crippen LogP contribution < -0.4 is 14.8 Å². The van der Waals surface area contributed by atoms with Crippen molar-refractivity contribution in [3.05, 3.63) is 41.6 Å². The molecule has 0 aliphatic rings. The first-order chi connectivity index (χ1) is 14.2. The number of nitrogens with zero attached hydrogens (tertiary/aromatic N) is 2. The molecule has 30 heavy (non-hydrogen) atoms. The van der Waals surface area contributed by atoms with Crippen molar-refractivity contribution < 1.29 is 28.5 Å². The molecule has 1 aromatic carbocycles. The van der Waals surface area contributed by atoms with Gasteiger partial charge in [0.2, 0.25) is 5.88 Å². The van der Waals surface area contributed by atoms with Gasteiger partial charge < -0.3 is 24.3 Å². The number of alkyl carbamates (subject to hydrolysis) is 1. The second kappa shape index (κ2) is 10.5. The fourth-order valence-corrected chi connectivity index (χ4v) is 2.51. The molecular weight excluding hydrogens is 390 g/mol. The van der Waals surface area contributed by atoms with Crippen molar-refractivity contribution in [2.24, 2.45) is 0 Å². The van der Waals surface area contributed by atoms with Crippen LogP contribution in [0.3, 0.4) is 0 Å². The maximum Gasteiger partial charge on any atom is 0.407 e. The van der Waals surface area contributed by atoms with Crippen LogP contribution in [0.5, 0.6) is 11.6 Å². The van der Waals surface area contributed by atoms with Crippen LogP contribution in [-0.2, 0) is 16.0 Å². The lowest BCUT2D eigenvalue weighted by Crippen LogP contribution is -2.34. The molecule has 2 aromatic rings. The number of nitrogens with one attached hydrogen (secondary N) is 1. The smallest absolute Gasteiger partial charge is 0.407 e. The van der Waals surface area contributed by atoms with Crippen LogP contribution in [0, 0.1) is 0 Å². The normalized spacial score (nSPS) is 11.0. The molecule has 0 fully saturated rings. The molecule has 0 radical (unpaired) electrons. The van der Waals surface area contributed by atoms with E-state index in [1.807, 2.05) is 24.3 Å². The van der Waals surface area contributed by atoms with E-state index in [4.69, 9.17) is 18.9 Å². The predicted octanol–water partition coefficient (Wildman–Crippen LogP) is 3.02. The number of ether oxygens (including phenoxy) is 4. The van der Waals surface area contributed by atoms with Gasteiger partial charge in [-0.3, -0.25) is 0 Å². The van der Waals surface area contributed by atoms with Gasteiger partial charge in [0.1, 0.15) is 23.5 Å². The van der Waals surface area contributed by atoms with Crippen molar-refractivity contribution >= 4 is 12.1 Å². The maximum atomic E-state index is 12.3. The van der Waals surface area contributed by atoms with Crippen LogP contribution in [-0.4, -0.2) is 54.3 Å². The molecule has 2 rings (SSSR count).